The van der Waals surface area contributed by atoms with Crippen LogP contribution in [-0.4, -0.2) is 18.3 Å². The van der Waals surface area contributed by atoms with Gasteiger partial charge in [0.1, 0.15) is 0 Å². The smallest absolute Gasteiger partial charge is 0.0866 e. The molecule has 15 heavy (non-hydrogen) atoms. The molecule has 1 heterocycles. The van der Waals surface area contributed by atoms with Crippen LogP contribution < -0.4 is 0 Å². The van der Waals surface area contributed by atoms with Gasteiger partial charge in [0.2, 0.25) is 0 Å². The van der Waals surface area contributed by atoms with Gasteiger partial charge in [-0.05, 0) is 18.4 Å². The van der Waals surface area contributed by atoms with Crippen LogP contribution in [0.2, 0.25) is 0 Å². The summed E-state index contributed by atoms with van der Waals surface area (Å²) >= 11 is 0. The SMILES string of the molecule is c1ccc(COC2CCC3OC3C2)cc1. The van der Waals surface area contributed by atoms with Gasteiger partial charge < -0.3 is 9.47 Å². The Hall–Kier alpha value is -0.860. The van der Waals surface area contributed by atoms with Gasteiger partial charge in [0.05, 0.1) is 24.9 Å². The van der Waals surface area contributed by atoms with Crippen LogP contribution in [-0.2, 0) is 16.1 Å². The third-order valence-corrected chi connectivity index (χ3v) is 3.28. The van der Waals surface area contributed by atoms with Crippen LogP contribution in [0.3, 0.4) is 0 Å². The first-order valence-corrected chi connectivity index (χ1v) is 5.73. The summed E-state index contributed by atoms with van der Waals surface area (Å²) in [5.41, 5.74) is 1.26. The number of ether oxygens (including phenoxy) is 2. The normalized spacial score (nSPS) is 33.5. The van der Waals surface area contributed by atoms with Crippen molar-refractivity contribution in [1.82, 2.24) is 0 Å². The molecule has 0 radical (unpaired) electrons. The maximum Gasteiger partial charge on any atom is 0.0866 e. The van der Waals surface area contributed by atoms with Crippen LogP contribution in [0.1, 0.15) is 24.8 Å². The molecule has 3 unspecified atom stereocenters. The fourth-order valence-corrected chi connectivity index (χ4v) is 2.31. The Balaban J connectivity index is 1.49. The van der Waals surface area contributed by atoms with E-state index in [0.29, 0.717) is 18.3 Å². The molecule has 0 bridgehead atoms. The molecule has 1 saturated heterocycles. The highest BCUT2D eigenvalue weighted by atomic mass is 16.6. The minimum atomic E-state index is 0.411. The fraction of sp³-hybridized carbons (Fsp3) is 0.538. The zero-order chi connectivity index (χ0) is 10.1. The topological polar surface area (TPSA) is 21.8 Å². The highest BCUT2D eigenvalue weighted by molar-refractivity contribution is 5.13. The molecule has 1 saturated carbocycles. The second-order valence-electron chi connectivity index (χ2n) is 4.44. The van der Waals surface area contributed by atoms with Gasteiger partial charge in [0.15, 0.2) is 0 Å². The van der Waals surface area contributed by atoms with E-state index in [0.717, 1.165) is 19.4 Å². The summed E-state index contributed by atoms with van der Waals surface area (Å²) in [5, 5.41) is 0. The summed E-state index contributed by atoms with van der Waals surface area (Å²) in [6, 6.07) is 10.4. The number of hydrogen-bond donors (Lipinski definition) is 0. The van der Waals surface area contributed by atoms with Crippen LogP contribution >= 0.6 is 0 Å². The lowest BCUT2D eigenvalue weighted by Crippen LogP contribution is -2.21. The van der Waals surface area contributed by atoms with Crippen molar-refractivity contribution in [2.45, 2.75) is 44.2 Å². The van der Waals surface area contributed by atoms with Crippen LogP contribution in [0, 0.1) is 0 Å². The quantitative estimate of drug-likeness (QED) is 0.706. The Kier molecular flexibility index (Phi) is 2.47. The maximum absolute atomic E-state index is 5.89. The summed E-state index contributed by atoms with van der Waals surface area (Å²) in [7, 11) is 0. The van der Waals surface area contributed by atoms with E-state index < -0.39 is 0 Å². The molecule has 3 atom stereocenters. The van der Waals surface area contributed by atoms with Gasteiger partial charge in [-0.3, -0.25) is 0 Å². The number of epoxide rings is 1. The van der Waals surface area contributed by atoms with Crippen LogP contribution in [0.5, 0.6) is 0 Å². The number of hydrogen-bond acceptors (Lipinski definition) is 2. The first-order valence-electron chi connectivity index (χ1n) is 5.73. The van der Waals surface area contributed by atoms with E-state index in [1.807, 2.05) is 6.07 Å². The van der Waals surface area contributed by atoms with Crippen molar-refractivity contribution >= 4 is 0 Å². The zero-order valence-corrected chi connectivity index (χ0v) is 8.76. The Morgan fingerprint density at radius 2 is 2.00 bits per heavy atom. The molecule has 2 nitrogen and oxygen atoms in total. The molecule has 1 aromatic carbocycles. The van der Waals surface area contributed by atoms with Crippen molar-refractivity contribution < 1.29 is 9.47 Å². The molecule has 0 aromatic heterocycles. The van der Waals surface area contributed by atoms with Crippen molar-refractivity contribution in [3.05, 3.63) is 35.9 Å². The molecule has 0 spiro atoms. The molecule has 3 rings (SSSR count). The summed E-state index contributed by atoms with van der Waals surface area (Å²) in [4.78, 5) is 0. The maximum atomic E-state index is 5.89. The Morgan fingerprint density at radius 3 is 2.80 bits per heavy atom. The lowest BCUT2D eigenvalue weighted by Gasteiger charge is -2.19. The molecule has 1 aliphatic carbocycles. The average molecular weight is 204 g/mol. The largest absolute Gasteiger partial charge is 0.373 e. The first-order chi connectivity index (χ1) is 7.42. The van der Waals surface area contributed by atoms with E-state index in [4.69, 9.17) is 9.47 Å². The fourth-order valence-electron chi connectivity index (χ4n) is 2.31. The van der Waals surface area contributed by atoms with E-state index in [9.17, 15) is 0 Å². The Morgan fingerprint density at radius 1 is 1.13 bits per heavy atom. The summed E-state index contributed by atoms with van der Waals surface area (Å²) < 4.78 is 11.4. The monoisotopic (exact) mass is 204 g/mol. The summed E-state index contributed by atoms with van der Waals surface area (Å²) in [5.74, 6) is 0. The molecular weight excluding hydrogens is 188 g/mol. The van der Waals surface area contributed by atoms with Crippen LogP contribution in [0.25, 0.3) is 0 Å². The zero-order valence-electron chi connectivity index (χ0n) is 8.76. The number of benzene rings is 1. The minimum absolute atomic E-state index is 0.411. The Bertz CT molecular complexity index is 323. The third kappa shape index (κ3) is 2.21. The molecule has 0 N–H and O–H groups in total. The average Bonchev–Trinajstić information content (AvgIpc) is 3.06. The lowest BCUT2D eigenvalue weighted by molar-refractivity contribution is 0.0213. The minimum Gasteiger partial charge on any atom is -0.373 e. The molecule has 1 aromatic rings. The van der Waals surface area contributed by atoms with Crippen molar-refractivity contribution in [1.29, 1.82) is 0 Å². The van der Waals surface area contributed by atoms with Gasteiger partial charge in [-0.15, -0.1) is 0 Å². The molecule has 0 amide bonds. The van der Waals surface area contributed by atoms with Gasteiger partial charge in [0.25, 0.3) is 0 Å². The van der Waals surface area contributed by atoms with Crippen molar-refractivity contribution in [2.24, 2.45) is 0 Å². The predicted octanol–water partition coefficient (Wildman–Crippen LogP) is 2.52. The first kappa shape index (κ1) is 9.37. The van der Waals surface area contributed by atoms with E-state index in [1.54, 1.807) is 0 Å². The van der Waals surface area contributed by atoms with Gasteiger partial charge in [-0.2, -0.15) is 0 Å². The highest BCUT2D eigenvalue weighted by Crippen LogP contribution is 2.37. The second-order valence-corrected chi connectivity index (χ2v) is 4.44. The van der Waals surface area contributed by atoms with Gasteiger partial charge in [0, 0.05) is 6.42 Å². The lowest BCUT2D eigenvalue weighted by atomic mass is 9.98. The molecule has 1 aliphatic heterocycles. The van der Waals surface area contributed by atoms with Crippen LogP contribution in [0.15, 0.2) is 30.3 Å². The van der Waals surface area contributed by atoms with Crippen LogP contribution in [0.4, 0.5) is 0 Å². The van der Waals surface area contributed by atoms with Crippen molar-refractivity contribution in [3.8, 4) is 0 Å². The van der Waals surface area contributed by atoms with Gasteiger partial charge in [-0.25, -0.2) is 0 Å². The molecular formula is C13H16O2. The molecule has 2 fully saturated rings. The second kappa shape index (κ2) is 3.95. The van der Waals surface area contributed by atoms with Crippen molar-refractivity contribution in [2.75, 3.05) is 0 Å². The summed E-state index contributed by atoms with van der Waals surface area (Å²) in [6.07, 6.45) is 4.94. The predicted molar refractivity (Wildman–Crippen MR) is 57.5 cm³/mol. The highest BCUT2D eigenvalue weighted by Gasteiger charge is 2.44. The number of fused-ring (bicyclic) bond motifs is 1. The third-order valence-electron chi connectivity index (χ3n) is 3.28. The number of rotatable bonds is 3. The Labute approximate surface area is 90.2 Å². The van der Waals surface area contributed by atoms with E-state index in [-0.39, 0.29) is 0 Å². The van der Waals surface area contributed by atoms with Gasteiger partial charge in [-0.1, -0.05) is 30.3 Å². The molecule has 2 aliphatic rings. The van der Waals surface area contributed by atoms with Gasteiger partial charge >= 0.3 is 0 Å². The summed E-state index contributed by atoms with van der Waals surface area (Å²) in [6.45, 7) is 0.739. The van der Waals surface area contributed by atoms with E-state index >= 15 is 0 Å². The standard InChI is InChI=1S/C13H16O2/c1-2-4-10(5-3-1)9-14-11-6-7-12-13(8-11)15-12/h1-5,11-13H,6-9H2. The molecule has 80 valence electrons. The van der Waals surface area contributed by atoms with E-state index in [1.165, 1.54) is 12.0 Å². The van der Waals surface area contributed by atoms with E-state index in [2.05, 4.69) is 24.3 Å². The van der Waals surface area contributed by atoms with Crippen molar-refractivity contribution in [3.63, 3.8) is 0 Å². The molecule has 2 heteroatoms.